The first-order chi connectivity index (χ1) is 17.6. The minimum Gasteiger partial charge on any atom is -0.463 e. The summed E-state index contributed by atoms with van der Waals surface area (Å²) in [7, 11) is 0. The van der Waals surface area contributed by atoms with Crippen molar-refractivity contribution in [1.82, 2.24) is 0 Å². The number of ether oxygens (including phenoxy) is 6. The van der Waals surface area contributed by atoms with E-state index in [1.165, 1.54) is 27.7 Å². The van der Waals surface area contributed by atoms with Crippen LogP contribution in [0.4, 0.5) is 0 Å². The number of hydrogen-bond donors (Lipinski definition) is 0. The molecule has 0 amide bonds. The molecule has 8 unspecified atom stereocenters. The first-order valence-electron chi connectivity index (χ1n) is 13.1. The van der Waals surface area contributed by atoms with Gasteiger partial charge in [-0.3, -0.25) is 24.0 Å². The second-order valence-corrected chi connectivity index (χ2v) is 11.1. The van der Waals surface area contributed by atoms with E-state index in [0.717, 1.165) is 6.42 Å². The highest BCUT2D eigenvalue weighted by molar-refractivity contribution is 5.80. The molecule has 1 saturated carbocycles. The number of hydrogen-bond acceptors (Lipinski definition) is 11. The van der Waals surface area contributed by atoms with Crippen LogP contribution in [-0.2, 0) is 52.4 Å². The Labute approximate surface area is 224 Å². The Morgan fingerprint density at radius 3 is 2.00 bits per heavy atom. The van der Waals surface area contributed by atoms with Crippen molar-refractivity contribution in [3.63, 3.8) is 0 Å². The average Bonchev–Trinajstić information content (AvgIpc) is 2.74. The highest BCUT2D eigenvalue weighted by atomic mass is 16.7. The predicted molar refractivity (Wildman–Crippen MR) is 132 cm³/mol. The van der Waals surface area contributed by atoms with Crippen LogP contribution in [0.3, 0.4) is 0 Å². The van der Waals surface area contributed by atoms with E-state index in [4.69, 9.17) is 28.4 Å². The van der Waals surface area contributed by atoms with Crippen LogP contribution < -0.4 is 0 Å². The zero-order valence-electron chi connectivity index (χ0n) is 23.6. The summed E-state index contributed by atoms with van der Waals surface area (Å²) in [6.45, 7) is 12.6. The third kappa shape index (κ3) is 9.04. The van der Waals surface area contributed by atoms with Gasteiger partial charge in [-0.25, -0.2) is 0 Å². The number of Topliss-reactive ketones (excluding diaryl/α,β-unsaturated/α-hetero) is 1. The molecule has 1 saturated heterocycles. The first-order valence-corrected chi connectivity index (χ1v) is 13.1. The summed E-state index contributed by atoms with van der Waals surface area (Å²) in [5, 5.41) is 0. The van der Waals surface area contributed by atoms with Gasteiger partial charge in [-0.05, 0) is 37.0 Å². The summed E-state index contributed by atoms with van der Waals surface area (Å²) in [4.78, 5) is 59.4. The Morgan fingerprint density at radius 2 is 1.47 bits per heavy atom. The van der Waals surface area contributed by atoms with Crippen LogP contribution in [0.25, 0.3) is 0 Å². The molecule has 0 aromatic rings. The number of ketones is 1. The molecular formula is C27H42O11. The minimum atomic E-state index is -1.27. The molecule has 1 aliphatic carbocycles. The molecule has 0 aromatic heterocycles. The van der Waals surface area contributed by atoms with E-state index in [-0.39, 0.29) is 29.8 Å². The van der Waals surface area contributed by atoms with Crippen molar-refractivity contribution >= 4 is 29.7 Å². The van der Waals surface area contributed by atoms with Gasteiger partial charge in [0.1, 0.15) is 18.5 Å². The van der Waals surface area contributed by atoms with Gasteiger partial charge in [0.15, 0.2) is 24.6 Å². The summed E-state index contributed by atoms with van der Waals surface area (Å²) >= 11 is 0. The second-order valence-electron chi connectivity index (χ2n) is 11.1. The topological polar surface area (TPSA) is 141 Å². The molecule has 0 bridgehead atoms. The zero-order valence-corrected chi connectivity index (χ0v) is 23.6. The third-order valence-electron chi connectivity index (χ3n) is 7.09. The maximum atomic E-state index is 12.1. The van der Waals surface area contributed by atoms with E-state index in [9.17, 15) is 24.0 Å². The van der Waals surface area contributed by atoms with E-state index in [2.05, 4.69) is 20.8 Å². The summed E-state index contributed by atoms with van der Waals surface area (Å²) < 4.78 is 33.6. The second kappa shape index (κ2) is 13.5. The molecule has 0 N–H and O–H groups in total. The Hall–Kier alpha value is -2.53. The number of carbonyl (C=O) groups excluding carboxylic acids is 5. The molecule has 216 valence electrons. The molecular weight excluding hydrogens is 500 g/mol. The minimum absolute atomic E-state index is 0.136. The molecule has 1 heterocycles. The Balaban J connectivity index is 2.27. The summed E-state index contributed by atoms with van der Waals surface area (Å²) in [5.41, 5.74) is -0.136. The largest absolute Gasteiger partial charge is 0.463 e. The van der Waals surface area contributed by atoms with Crippen LogP contribution in [0.15, 0.2) is 0 Å². The number of carbonyl (C=O) groups is 5. The molecule has 2 fully saturated rings. The fourth-order valence-corrected chi connectivity index (χ4v) is 5.67. The van der Waals surface area contributed by atoms with Gasteiger partial charge in [-0.2, -0.15) is 0 Å². The smallest absolute Gasteiger partial charge is 0.303 e. The molecule has 0 radical (unpaired) electrons. The Morgan fingerprint density at radius 1 is 0.921 bits per heavy atom. The van der Waals surface area contributed by atoms with Crippen LogP contribution >= 0.6 is 0 Å². The SMILES string of the molecule is CC(=O)OCC1OC(OC(C)CCC2C(C)CC(=O)CC2(C)C)C(OC(C)=O)C(OC(C)=O)C1OC(C)=O. The fraction of sp³-hybridized carbons (Fsp3) is 0.815. The van der Waals surface area contributed by atoms with Gasteiger partial charge >= 0.3 is 23.9 Å². The molecule has 11 heteroatoms. The van der Waals surface area contributed by atoms with Crippen LogP contribution in [-0.4, -0.2) is 73.1 Å². The quantitative estimate of drug-likeness (QED) is 0.297. The lowest BCUT2D eigenvalue weighted by Crippen LogP contribution is -2.63. The van der Waals surface area contributed by atoms with Crippen molar-refractivity contribution in [2.45, 2.75) is 118 Å². The lowest BCUT2D eigenvalue weighted by atomic mass is 9.62. The van der Waals surface area contributed by atoms with Crippen molar-refractivity contribution in [3.8, 4) is 0 Å². The fourth-order valence-electron chi connectivity index (χ4n) is 5.67. The number of rotatable bonds is 10. The molecule has 38 heavy (non-hydrogen) atoms. The van der Waals surface area contributed by atoms with Gasteiger partial charge in [-0.1, -0.05) is 20.8 Å². The lowest BCUT2D eigenvalue weighted by molar-refractivity contribution is -0.316. The summed E-state index contributed by atoms with van der Waals surface area (Å²) in [5.74, 6) is -1.84. The average molecular weight is 543 g/mol. The predicted octanol–water partition coefficient (Wildman–Crippen LogP) is 2.90. The highest BCUT2D eigenvalue weighted by Crippen LogP contribution is 2.45. The van der Waals surface area contributed by atoms with Gasteiger partial charge < -0.3 is 28.4 Å². The van der Waals surface area contributed by atoms with Crippen molar-refractivity contribution in [1.29, 1.82) is 0 Å². The summed E-state index contributed by atoms with van der Waals surface area (Å²) in [6.07, 6.45) is -3.86. The van der Waals surface area contributed by atoms with Gasteiger partial charge in [0.25, 0.3) is 0 Å². The number of esters is 4. The van der Waals surface area contributed by atoms with Crippen LogP contribution in [0, 0.1) is 17.3 Å². The molecule has 11 nitrogen and oxygen atoms in total. The van der Waals surface area contributed by atoms with E-state index >= 15 is 0 Å². The van der Waals surface area contributed by atoms with Crippen molar-refractivity contribution in [2.24, 2.45) is 17.3 Å². The first kappa shape index (κ1) is 31.7. The Kier molecular flexibility index (Phi) is 11.3. The van der Waals surface area contributed by atoms with Crippen molar-refractivity contribution in [2.75, 3.05) is 6.61 Å². The third-order valence-corrected chi connectivity index (χ3v) is 7.09. The molecule has 0 spiro atoms. The van der Waals surface area contributed by atoms with Gasteiger partial charge in [0, 0.05) is 40.5 Å². The molecule has 0 aromatic carbocycles. The van der Waals surface area contributed by atoms with E-state index in [1.807, 2.05) is 6.92 Å². The maximum absolute atomic E-state index is 12.1. The molecule has 8 atom stereocenters. The van der Waals surface area contributed by atoms with Crippen molar-refractivity contribution < 1.29 is 52.4 Å². The zero-order chi connectivity index (χ0) is 28.8. The Bertz CT molecular complexity index is 882. The standard InChI is InChI=1S/C27H42O11/c1-14-11-20(32)12-27(7,8)21(14)10-9-15(2)34-26-25(37-19(6)31)24(36-18(5)30)23(35-17(4)29)22(38-26)13-33-16(3)28/h14-15,21-26H,9-13H2,1-8H3. The molecule has 1 aliphatic heterocycles. The van der Waals surface area contributed by atoms with Crippen LogP contribution in [0.2, 0.25) is 0 Å². The monoisotopic (exact) mass is 542 g/mol. The van der Waals surface area contributed by atoms with Crippen LogP contribution in [0.5, 0.6) is 0 Å². The van der Waals surface area contributed by atoms with Gasteiger partial charge in [-0.15, -0.1) is 0 Å². The normalized spacial score (nSPS) is 31.6. The maximum Gasteiger partial charge on any atom is 0.303 e. The van der Waals surface area contributed by atoms with E-state index in [1.54, 1.807) is 0 Å². The molecule has 2 rings (SSSR count). The summed E-state index contributed by atoms with van der Waals surface area (Å²) in [6, 6.07) is 0. The van der Waals surface area contributed by atoms with E-state index < -0.39 is 54.6 Å². The van der Waals surface area contributed by atoms with Crippen LogP contribution in [0.1, 0.15) is 81.1 Å². The molecule has 2 aliphatic rings. The lowest BCUT2D eigenvalue weighted by Gasteiger charge is -2.45. The van der Waals surface area contributed by atoms with Gasteiger partial charge in [0.2, 0.25) is 0 Å². The highest BCUT2D eigenvalue weighted by Gasteiger charge is 2.53. The van der Waals surface area contributed by atoms with Crippen molar-refractivity contribution in [3.05, 3.63) is 0 Å². The van der Waals surface area contributed by atoms with E-state index in [0.29, 0.717) is 25.2 Å². The van der Waals surface area contributed by atoms with Gasteiger partial charge in [0.05, 0.1) is 6.10 Å².